The number of carbonyl (C=O) groups is 3. The number of aromatic nitrogens is 1. The van der Waals surface area contributed by atoms with Gasteiger partial charge in [0.05, 0.1) is 17.2 Å². The predicted octanol–water partition coefficient (Wildman–Crippen LogP) is 3.78. The molecule has 0 saturated heterocycles. The Balaban J connectivity index is 2.00. The Morgan fingerprint density at radius 3 is 2.30 bits per heavy atom. The van der Waals surface area contributed by atoms with E-state index in [0.717, 1.165) is 0 Å². The van der Waals surface area contributed by atoms with Crippen molar-refractivity contribution >= 4 is 17.3 Å². The molecule has 4 rings (SSSR count). The largest absolute Gasteiger partial charge is 0.457 e. The molecule has 0 amide bonds. The average molecular weight is 359 g/mol. The Bertz CT molecular complexity index is 1050. The molecule has 0 bridgehead atoms. The van der Waals surface area contributed by atoms with Crippen LogP contribution in [0.25, 0.3) is 0 Å². The minimum Gasteiger partial charge on any atom is -0.457 e. The number of pyridine rings is 1. The van der Waals surface area contributed by atoms with Gasteiger partial charge in [-0.05, 0) is 19.1 Å². The van der Waals surface area contributed by atoms with Crippen LogP contribution in [-0.2, 0) is 9.53 Å². The van der Waals surface area contributed by atoms with Crippen LogP contribution in [0.2, 0.25) is 0 Å². The molecule has 2 aliphatic rings. The molecule has 5 heteroatoms. The van der Waals surface area contributed by atoms with E-state index in [1.165, 1.54) is 6.92 Å². The summed E-state index contributed by atoms with van der Waals surface area (Å²) < 4.78 is 5.84. The summed E-state index contributed by atoms with van der Waals surface area (Å²) in [5.41, 5.74) is 1.77. The molecule has 0 spiro atoms. The van der Waals surface area contributed by atoms with Crippen LogP contribution < -0.4 is 0 Å². The van der Waals surface area contributed by atoms with Gasteiger partial charge in [-0.1, -0.05) is 37.3 Å². The molecule has 27 heavy (non-hydrogen) atoms. The molecule has 0 radical (unpaired) electrons. The Labute approximate surface area is 156 Å². The van der Waals surface area contributed by atoms with E-state index >= 15 is 0 Å². The van der Waals surface area contributed by atoms with Gasteiger partial charge in [0.1, 0.15) is 5.76 Å². The van der Waals surface area contributed by atoms with E-state index in [4.69, 9.17) is 4.74 Å². The van der Waals surface area contributed by atoms with Crippen LogP contribution in [0.3, 0.4) is 0 Å². The van der Waals surface area contributed by atoms with Crippen molar-refractivity contribution < 1.29 is 19.1 Å². The number of fused-ring (bicyclic) bond motifs is 1. The van der Waals surface area contributed by atoms with Gasteiger partial charge in [-0.25, -0.2) is 0 Å². The maximum absolute atomic E-state index is 13.3. The van der Waals surface area contributed by atoms with Crippen LogP contribution in [0.15, 0.2) is 71.3 Å². The van der Waals surface area contributed by atoms with Gasteiger partial charge in [0, 0.05) is 29.3 Å². The number of Topliss-reactive ketones (excluding diaryl/α,β-unsaturated/α-hetero) is 3. The summed E-state index contributed by atoms with van der Waals surface area (Å²) in [5, 5.41) is 0. The highest BCUT2D eigenvalue weighted by atomic mass is 16.5. The molecular formula is C22H17NO4. The van der Waals surface area contributed by atoms with Crippen molar-refractivity contribution in [2.75, 3.05) is 0 Å². The van der Waals surface area contributed by atoms with Gasteiger partial charge >= 0.3 is 0 Å². The van der Waals surface area contributed by atoms with Crippen LogP contribution >= 0.6 is 0 Å². The summed E-state index contributed by atoms with van der Waals surface area (Å²) in [5.74, 6) is -1.13. The Morgan fingerprint density at radius 1 is 1.04 bits per heavy atom. The molecule has 0 saturated carbocycles. The lowest BCUT2D eigenvalue weighted by molar-refractivity contribution is -0.114. The van der Waals surface area contributed by atoms with E-state index in [2.05, 4.69) is 4.98 Å². The number of benzene rings is 1. The van der Waals surface area contributed by atoms with Gasteiger partial charge in [0.25, 0.3) is 0 Å². The zero-order chi connectivity index (χ0) is 19.1. The fourth-order valence-electron chi connectivity index (χ4n) is 3.72. The molecule has 0 fully saturated rings. The monoisotopic (exact) mass is 359 g/mol. The normalized spacial score (nSPS) is 18.8. The maximum Gasteiger partial charge on any atom is 0.229 e. The maximum atomic E-state index is 13.3. The fourth-order valence-corrected chi connectivity index (χ4v) is 3.72. The Hall–Kier alpha value is -3.34. The molecule has 1 aromatic carbocycles. The highest BCUT2D eigenvalue weighted by molar-refractivity contribution is 6.27. The molecule has 0 N–H and O–H groups in total. The van der Waals surface area contributed by atoms with Crippen molar-refractivity contribution in [2.24, 2.45) is 0 Å². The summed E-state index contributed by atoms with van der Waals surface area (Å²) in [6.45, 7) is 3.29. The van der Waals surface area contributed by atoms with Gasteiger partial charge in [0.2, 0.25) is 5.78 Å². The molecule has 1 aliphatic carbocycles. The lowest BCUT2D eigenvalue weighted by atomic mass is 9.75. The van der Waals surface area contributed by atoms with Crippen LogP contribution in [0.5, 0.6) is 0 Å². The fraction of sp³-hybridized carbons (Fsp3) is 0.182. The number of hydrogen-bond donors (Lipinski definition) is 0. The second-order valence-corrected chi connectivity index (χ2v) is 6.48. The Morgan fingerprint density at radius 2 is 1.70 bits per heavy atom. The first-order chi connectivity index (χ1) is 13.0. The second-order valence-electron chi connectivity index (χ2n) is 6.48. The molecule has 5 nitrogen and oxygen atoms in total. The van der Waals surface area contributed by atoms with Crippen LogP contribution in [0.1, 0.15) is 52.6 Å². The van der Waals surface area contributed by atoms with Crippen molar-refractivity contribution in [2.45, 2.75) is 26.2 Å². The van der Waals surface area contributed by atoms with E-state index < -0.39 is 5.92 Å². The molecule has 1 aliphatic heterocycles. The lowest BCUT2D eigenvalue weighted by Gasteiger charge is -2.33. The van der Waals surface area contributed by atoms with Crippen LogP contribution in [0.4, 0.5) is 0 Å². The smallest absolute Gasteiger partial charge is 0.229 e. The number of rotatable bonds is 3. The lowest BCUT2D eigenvalue weighted by Crippen LogP contribution is -2.32. The van der Waals surface area contributed by atoms with E-state index in [9.17, 15) is 14.4 Å². The summed E-state index contributed by atoms with van der Waals surface area (Å²) in [4.78, 5) is 43.2. The molecule has 134 valence electrons. The van der Waals surface area contributed by atoms with E-state index in [1.807, 2.05) is 6.92 Å². The van der Waals surface area contributed by atoms with E-state index in [0.29, 0.717) is 34.6 Å². The minimum absolute atomic E-state index is 0.0104. The second kappa shape index (κ2) is 6.43. The van der Waals surface area contributed by atoms with E-state index in [1.54, 1.807) is 48.7 Å². The predicted molar refractivity (Wildman–Crippen MR) is 98.2 cm³/mol. The first-order valence-corrected chi connectivity index (χ1v) is 8.80. The van der Waals surface area contributed by atoms with Gasteiger partial charge in [-0.2, -0.15) is 0 Å². The topological polar surface area (TPSA) is 73.3 Å². The van der Waals surface area contributed by atoms with Crippen molar-refractivity contribution in [1.29, 1.82) is 0 Å². The zero-order valence-corrected chi connectivity index (χ0v) is 15.0. The van der Waals surface area contributed by atoms with Gasteiger partial charge in [-0.3, -0.25) is 19.4 Å². The van der Waals surface area contributed by atoms with Gasteiger partial charge in [-0.15, -0.1) is 0 Å². The van der Waals surface area contributed by atoms with Crippen molar-refractivity contribution in [3.63, 3.8) is 0 Å². The SMILES string of the molecule is CCC1=C(C(C)=O)C(c2ccccn2)C2=C(O1)C(=O)c1ccccc1C2=O. The third-order valence-electron chi connectivity index (χ3n) is 4.90. The van der Waals surface area contributed by atoms with E-state index in [-0.39, 0.29) is 28.7 Å². The molecule has 2 aromatic rings. The minimum atomic E-state index is -0.716. The molecular weight excluding hydrogens is 342 g/mol. The van der Waals surface area contributed by atoms with Crippen molar-refractivity contribution in [3.8, 4) is 0 Å². The van der Waals surface area contributed by atoms with Gasteiger partial charge < -0.3 is 4.74 Å². The van der Waals surface area contributed by atoms with Crippen LogP contribution in [-0.4, -0.2) is 22.3 Å². The quantitative estimate of drug-likeness (QED) is 0.834. The Kier molecular flexibility index (Phi) is 4.07. The highest BCUT2D eigenvalue weighted by Gasteiger charge is 2.44. The molecule has 1 unspecified atom stereocenters. The van der Waals surface area contributed by atoms with Crippen molar-refractivity contribution in [1.82, 2.24) is 4.98 Å². The number of carbonyl (C=O) groups excluding carboxylic acids is 3. The van der Waals surface area contributed by atoms with Crippen molar-refractivity contribution in [3.05, 3.63) is 88.1 Å². The number of ether oxygens (including phenoxy) is 1. The van der Waals surface area contributed by atoms with Crippen LogP contribution in [0, 0.1) is 0 Å². The standard InChI is InChI=1S/C22H17NO4/c1-3-16-17(12(2)24)18(15-10-6-7-11-23-15)19-20(25)13-8-4-5-9-14(13)21(26)22(19)27-16/h4-11,18H,3H2,1-2H3. The molecule has 2 heterocycles. The molecule has 1 atom stereocenters. The highest BCUT2D eigenvalue weighted by Crippen LogP contribution is 2.45. The first-order valence-electron chi connectivity index (χ1n) is 8.80. The number of allylic oxidation sites excluding steroid dienone is 4. The summed E-state index contributed by atoms with van der Waals surface area (Å²) >= 11 is 0. The molecule has 1 aromatic heterocycles. The summed E-state index contributed by atoms with van der Waals surface area (Å²) in [6.07, 6.45) is 2.04. The number of hydrogen-bond acceptors (Lipinski definition) is 5. The summed E-state index contributed by atoms with van der Waals surface area (Å²) in [7, 11) is 0. The average Bonchev–Trinajstić information content (AvgIpc) is 2.71. The summed E-state index contributed by atoms with van der Waals surface area (Å²) in [6, 6.07) is 12.0. The first kappa shape index (κ1) is 17.1. The number of nitrogens with zero attached hydrogens (tertiary/aromatic N) is 1. The third kappa shape index (κ3) is 2.54. The van der Waals surface area contributed by atoms with Gasteiger partial charge in [0.15, 0.2) is 17.3 Å². The number of ketones is 3. The third-order valence-corrected chi connectivity index (χ3v) is 4.90. The zero-order valence-electron chi connectivity index (χ0n) is 15.0.